The summed E-state index contributed by atoms with van der Waals surface area (Å²) in [5, 5.41) is 18.1. The summed E-state index contributed by atoms with van der Waals surface area (Å²) in [6.45, 7) is 0.446. The van der Waals surface area contributed by atoms with E-state index in [0.29, 0.717) is 6.54 Å². The minimum atomic E-state index is 0.264. The highest BCUT2D eigenvalue weighted by Gasteiger charge is 2.11. The summed E-state index contributed by atoms with van der Waals surface area (Å²) in [5.41, 5.74) is 6.00. The summed E-state index contributed by atoms with van der Waals surface area (Å²) < 4.78 is 2.00. The van der Waals surface area contributed by atoms with Crippen LogP contribution in [0.15, 0.2) is 89.1 Å². The molecule has 5 rings (SSSR count). The van der Waals surface area contributed by atoms with Gasteiger partial charge in [-0.05, 0) is 22.8 Å². The van der Waals surface area contributed by atoms with Crippen LogP contribution < -0.4 is 0 Å². The third-order valence-corrected chi connectivity index (χ3v) is 5.00. The molecule has 6 heteroatoms. The molecule has 6 nitrogen and oxygen atoms in total. The second-order valence-electron chi connectivity index (χ2n) is 6.78. The quantitative estimate of drug-likeness (QED) is 0.390. The molecule has 0 amide bonds. The van der Waals surface area contributed by atoms with Crippen LogP contribution in [0.4, 0.5) is 5.95 Å². The highest BCUT2D eigenvalue weighted by atomic mass is 15.3. The van der Waals surface area contributed by atoms with Crippen LogP contribution in [0.2, 0.25) is 0 Å². The van der Waals surface area contributed by atoms with Gasteiger partial charge in [0.1, 0.15) is 5.52 Å². The Morgan fingerprint density at radius 2 is 1.59 bits per heavy atom. The molecule has 3 aromatic carbocycles. The van der Waals surface area contributed by atoms with Gasteiger partial charge >= 0.3 is 0 Å². The van der Waals surface area contributed by atoms with Gasteiger partial charge in [0.15, 0.2) is 5.65 Å². The SMILES string of the molecule is Cn1c2ccccc2c2nnc(N=NCc3ccccc3-c3ccccc3)nc21. The van der Waals surface area contributed by atoms with E-state index in [1.165, 1.54) is 0 Å². The van der Waals surface area contributed by atoms with Gasteiger partial charge < -0.3 is 4.57 Å². The second-order valence-corrected chi connectivity index (χ2v) is 6.78. The summed E-state index contributed by atoms with van der Waals surface area (Å²) in [5.74, 6) is 0.264. The third kappa shape index (κ3) is 3.14. The highest BCUT2D eigenvalue weighted by molar-refractivity contribution is 6.04. The fourth-order valence-corrected chi connectivity index (χ4v) is 3.57. The van der Waals surface area contributed by atoms with Crippen molar-refractivity contribution in [2.45, 2.75) is 6.54 Å². The molecule has 0 N–H and O–H groups in total. The summed E-state index contributed by atoms with van der Waals surface area (Å²) in [6, 6.07) is 26.5. The molecule has 0 fully saturated rings. The first-order valence-corrected chi connectivity index (χ1v) is 9.40. The number of nitrogens with zero attached hydrogens (tertiary/aromatic N) is 6. The van der Waals surface area contributed by atoms with E-state index in [1.807, 2.05) is 66.2 Å². The lowest BCUT2D eigenvalue weighted by Crippen LogP contribution is -1.93. The molecule has 2 heterocycles. The number of hydrogen-bond acceptors (Lipinski definition) is 5. The molecule has 140 valence electrons. The lowest BCUT2D eigenvalue weighted by atomic mass is 10.00. The fraction of sp³-hybridized carbons (Fsp3) is 0.0870. The maximum absolute atomic E-state index is 4.55. The normalized spacial score (nSPS) is 11.6. The van der Waals surface area contributed by atoms with Crippen molar-refractivity contribution in [3.8, 4) is 11.1 Å². The first kappa shape index (κ1) is 17.2. The Balaban J connectivity index is 1.45. The van der Waals surface area contributed by atoms with Gasteiger partial charge in [0.05, 0.1) is 12.1 Å². The van der Waals surface area contributed by atoms with Gasteiger partial charge in [-0.15, -0.1) is 15.3 Å². The van der Waals surface area contributed by atoms with Crippen molar-refractivity contribution < 1.29 is 0 Å². The number of azo groups is 1. The number of benzene rings is 3. The number of hydrogen-bond donors (Lipinski definition) is 0. The molecule has 29 heavy (non-hydrogen) atoms. The molecule has 2 aromatic heterocycles. The van der Waals surface area contributed by atoms with Crippen LogP contribution in [0.25, 0.3) is 33.2 Å². The zero-order chi connectivity index (χ0) is 19.6. The topological polar surface area (TPSA) is 68.3 Å². The van der Waals surface area contributed by atoms with Crippen LogP contribution in [0.3, 0.4) is 0 Å². The highest BCUT2D eigenvalue weighted by Crippen LogP contribution is 2.26. The van der Waals surface area contributed by atoms with Gasteiger partial charge in [0, 0.05) is 12.4 Å². The molecule has 0 aliphatic heterocycles. The van der Waals surface area contributed by atoms with Crippen LogP contribution in [-0.4, -0.2) is 19.7 Å². The van der Waals surface area contributed by atoms with Crippen molar-refractivity contribution in [3.63, 3.8) is 0 Å². The Hall–Kier alpha value is -3.93. The Bertz CT molecular complexity index is 1340. The van der Waals surface area contributed by atoms with Crippen molar-refractivity contribution >= 4 is 28.0 Å². The smallest absolute Gasteiger partial charge is 0.289 e. The number of para-hydroxylation sites is 1. The Kier molecular flexibility index (Phi) is 4.29. The van der Waals surface area contributed by atoms with E-state index in [1.54, 1.807) is 0 Å². The van der Waals surface area contributed by atoms with Crippen LogP contribution >= 0.6 is 0 Å². The third-order valence-electron chi connectivity index (χ3n) is 5.00. The molecular formula is C23H18N6. The standard InChI is InChI=1S/C23H18N6/c1-29-20-14-8-7-13-19(20)21-22(29)25-23(28-26-21)27-24-15-17-11-5-6-12-18(17)16-9-3-2-4-10-16/h2-14H,15H2,1H3. The molecule has 0 unspecified atom stereocenters. The molecule has 0 spiro atoms. The molecule has 0 saturated carbocycles. The summed E-state index contributed by atoms with van der Waals surface area (Å²) in [6.07, 6.45) is 0. The second kappa shape index (κ2) is 7.24. The Morgan fingerprint density at radius 3 is 2.48 bits per heavy atom. The minimum absolute atomic E-state index is 0.264. The molecule has 0 aliphatic rings. The van der Waals surface area contributed by atoms with E-state index in [4.69, 9.17) is 0 Å². The molecule has 0 atom stereocenters. The van der Waals surface area contributed by atoms with E-state index in [2.05, 4.69) is 49.7 Å². The van der Waals surface area contributed by atoms with Crippen molar-refractivity contribution in [1.82, 2.24) is 19.7 Å². The number of fused-ring (bicyclic) bond motifs is 3. The average molecular weight is 378 g/mol. The molecule has 0 radical (unpaired) electrons. The van der Waals surface area contributed by atoms with Gasteiger partial charge in [0.25, 0.3) is 5.95 Å². The maximum atomic E-state index is 4.55. The van der Waals surface area contributed by atoms with E-state index < -0.39 is 0 Å². The van der Waals surface area contributed by atoms with Gasteiger partial charge in [-0.1, -0.05) is 72.8 Å². The first-order chi connectivity index (χ1) is 14.3. The zero-order valence-electron chi connectivity index (χ0n) is 15.9. The Morgan fingerprint density at radius 1 is 0.828 bits per heavy atom. The maximum Gasteiger partial charge on any atom is 0.289 e. The Labute approximate surface area is 167 Å². The van der Waals surface area contributed by atoms with Crippen molar-refractivity contribution in [1.29, 1.82) is 0 Å². The molecular weight excluding hydrogens is 360 g/mol. The summed E-state index contributed by atoms with van der Waals surface area (Å²) in [7, 11) is 1.97. The van der Waals surface area contributed by atoms with Crippen LogP contribution in [0.5, 0.6) is 0 Å². The number of rotatable bonds is 4. The van der Waals surface area contributed by atoms with Gasteiger partial charge in [-0.3, -0.25) is 0 Å². The van der Waals surface area contributed by atoms with Gasteiger partial charge in [-0.25, -0.2) is 0 Å². The molecule has 0 aliphatic carbocycles. The van der Waals surface area contributed by atoms with Crippen molar-refractivity contribution in [2.24, 2.45) is 17.3 Å². The zero-order valence-corrected chi connectivity index (χ0v) is 15.9. The van der Waals surface area contributed by atoms with Crippen molar-refractivity contribution in [2.75, 3.05) is 0 Å². The van der Waals surface area contributed by atoms with E-state index in [-0.39, 0.29) is 5.95 Å². The first-order valence-electron chi connectivity index (χ1n) is 9.40. The van der Waals surface area contributed by atoms with Crippen LogP contribution in [0.1, 0.15) is 5.56 Å². The summed E-state index contributed by atoms with van der Waals surface area (Å²) in [4.78, 5) is 4.55. The predicted molar refractivity (Wildman–Crippen MR) is 114 cm³/mol. The summed E-state index contributed by atoms with van der Waals surface area (Å²) >= 11 is 0. The number of aryl methyl sites for hydroxylation is 1. The lowest BCUT2D eigenvalue weighted by molar-refractivity contribution is 0.892. The van der Waals surface area contributed by atoms with Gasteiger partial charge in [-0.2, -0.15) is 10.1 Å². The van der Waals surface area contributed by atoms with E-state index in [9.17, 15) is 0 Å². The lowest BCUT2D eigenvalue weighted by Gasteiger charge is -2.06. The van der Waals surface area contributed by atoms with Crippen LogP contribution in [0, 0.1) is 0 Å². The monoisotopic (exact) mass is 378 g/mol. The largest absolute Gasteiger partial charge is 0.327 e. The number of aromatic nitrogens is 4. The van der Waals surface area contributed by atoms with Gasteiger partial charge in [0.2, 0.25) is 0 Å². The average Bonchev–Trinajstić information content (AvgIpc) is 3.07. The molecule has 0 bridgehead atoms. The fourth-order valence-electron chi connectivity index (χ4n) is 3.57. The van der Waals surface area contributed by atoms with E-state index in [0.717, 1.165) is 38.8 Å². The molecule has 5 aromatic rings. The molecule has 0 saturated heterocycles. The van der Waals surface area contributed by atoms with E-state index >= 15 is 0 Å². The van der Waals surface area contributed by atoms with Crippen molar-refractivity contribution in [3.05, 3.63) is 84.4 Å². The minimum Gasteiger partial charge on any atom is -0.327 e. The predicted octanol–water partition coefficient (Wildman–Crippen LogP) is 5.47. The van der Waals surface area contributed by atoms with Crippen LogP contribution in [-0.2, 0) is 13.6 Å².